The third kappa shape index (κ3) is 6.14. The molecule has 0 aliphatic carbocycles. The highest BCUT2D eigenvalue weighted by atomic mass is 16.7. The number of carbonyl (C=O) groups is 2. The zero-order chi connectivity index (χ0) is 24.5. The first-order chi connectivity index (χ1) is 16.4. The van der Waals surface area contributed by atoms with E-state index in [0.29, 0.717) is 17.0 Å². The highest BCUT2D eigenvalue weighted by molar-refractivity contribution is 5.65. The van der Waals surface area contributed by atoms with Crippen LogP contribution in [-0.4, -0.2) is 37.6 Å². The molecule has 2 unspecified atom stereocenters. The maximum Gasteiger partial charge on any atom is 0.513 e. The van der Waals surface area contributed by atoms with Crippen LogP contribution in [0.25, 0.3) is 0 Å². The zero-order valence-electron chi connectivity index (χ0n) is 19.6. The Morgan fingerprint density at radius 1 is 0.971 bits per heavy atom. The van der Waals surface area contributed by atoms with Gasteiger partial charge in [-0.3, -0.25) is 4.98 Å². The van der Waals surface area contributed by atoms with E-state index in [0.717, 1.165) is 5.56 Å². The van der Waals surface area contributed by atoms with Gasteiger partial charge in [0.2, 0.25) is 0 Å². The number of aromatic nitrogens is 1. The van der Waals surface area contributed by atoms with Crippen molar-refractivity contribution >= 4 is 12.3 Å². The third-order valence-corrected chi connectivity index (χ3v) is 5.11. The topological polar surface area (TPSA) is 105 Å². The molecule has 1 N–H and O–H groups in total. The van der Waals surface area contributed by atoms with Crippen LogP contribution in [0.4, 0.5) is 9.59 Å². The lowest BCUT2D eigenvalue weighted by Gasteiger charge is -2.30. The molecule has 0 spiro atoms. The van der Waals surface area contributed by atoms with Crippen molar-refractivity contribution in [3.8, 4) is 0 Å². The van der Waals surface area contributed by atoms with Gasteiger partial charge in [-0.05, 0) is 38.0 Å². The predicted octanol–water partition coefficient (Wildman–Crippen LogP) is 4.95. The molecular formula is C25H28N2O7. The molecule has 1 aliphatic rings. The summed E-state index contributed by atoms with van der Waals surface area (Å²) in [7, 11) is 1.54. The van der Waals surface area contributed by atoms with Gasteiger partial charge in [0.1, 0.15) is 30.1 Å². The van der Waals surface area contributed by atoms with Crippen LogP contribution in [0.1, 0.15) is 43.9 Å². The lowest BCUT2D eigenvalue weighted by atomic mass is 9.91. The van der Waals surface area contributed by atoms with Crippen LogP contribution in [0, 0.1) is 0 Å². The standard InChI is InChI=1S/C25H28N2O7/c1-5-31-24(28)33-22-16(2)27-17(3)23(21(22)19-12-9-13-26-14-19)34-25(29)32-15-20(30-4)18-10-7-6-8-11-18/h6-14,20-21,27H,5,15H2,1-4H3. The number of hydrogen-bond acceptors (Lipinski definition) is 9. The van der Waals surface area contributed by atoms with Gasteiger partial charge in [0.25, 0.3) is 0 Å². The van der Waals surface area contributed by atoms with E-state index in [1.807, 2.05) is 30.3 Å². The molecule has 0 bridgehead atoms. The summed E-state index contributed by atoms with van der Waals surface area (Å²) in [5.74, 6) is -0.269. The molecule has 9 heteroatoms. The van der Waals surface area contributed by atoms with E-state index in [1.165, 1.54) is 7.11 Å². The van der Waals surface area contributed by atoms with Crippen molar-refractivity contribution < 1.29 is 33.3 Å². The number of allylic oxidation sites excluding steroid dienone is 2. The second-order valence-corrected chi connectivity index (χ2v) is 7.41. The number of rotatable bonds is 8. The second kappa shape index (κ2) is 11.9. The molecule has 180 valence electrons. The van der Waals surface area contributed by atoms with E-state index >= 15 is 0 Å². The molecule has 2 atom stereocenters. The summed E-state index contributed by atoms with van der Waals surface area (Å²) in [4.78, 5) is 28.9. The monoisotopic (exact) mass is 468 g/mol. The zero-order valence-corrected chi connectivity index (χ0v) is 19.6. The van der Waals surface area contributed by atoms with Crippen molar-refractivity contribution in [3.05, 3.63) is 88.9 Å². The van der Waals surface area contributed by atoms with Gasteiger partial charge in [0, 0.05) is 19.5 Å². The van der Waals surface area contributed by atoms with Crippen molar-refractivity contribution in [1.82, 2.24) is 10.3 Å². The molecular weight excluding hydrogens is 440 g/mol. The summed E-state index contributed by atoms with van der Waals surface area (Å²) in [6, 6.07) is 12.9. The van der Waals surface area contributed by atoms with Crippen LogP contribution in [0.2, 0.25) is 0 Å². The lowest BCUT2D eigenvalue weighted by molar-refractivity contribution is 0.00809. The van der Waals surface area contributed by atoms with Gasteiger partial charge in [-0.1, -0.05) is 36.4 Å². The first-order valence-electron chi connectivity index (χ1n) is 10.8. The summed E-state index contributed by atoms with van der Waals surface area (Å²) in [5, 5.41) is 3.08. The van der Waals surface area contributed by atoms with Crippen molar-refractivity contribution in [1.29, 1.82) is 0 Å². The van der Waals surface area contributed by atoms with Gasteiger partial charge in [-0.15, -0.1) is 0 Å². The number of nitrogens with zero attached hydrogens (tertiary/aromatic N) is 1. The maximum absolute atomic E-state index is 12.7. The molecule has 1 aliphatic heterocycles. The van der Waals surface area contributed by atoms with Crippen molar-refractivity contribution in [2.45, 2.75) is 32.8 Å². The molecule has 34 heavy (non-hydrogen) atoms. The van der Waals surface area contributed by atoms with E-state index in [-0.39, 0.29) is 24.7 Å². The van der Waals surface area contributed by atoms with Gasteiger partial charge in [0.05, 0.1) is 18.0 Å². The summed E-state index contributed by atoms with van der Waals surface area (Å²) >= 11 is 0. The molecule has 1 aromatic carbocycles. The molecule has 0 amide bonds. The van der Waals surface area contributed by atoms with Crippen molar-refractivity contribution in [2.75, 3.05) is 20.3 Å². The van der Waals surface area contributed by atoms with E-state index in [9.17, 15) is 9.59 Å². The molecule has 0 radical (unpaired) electrons. The summed E-state index contributed by atoms with van der Waals surface area (Å²) < 4.78 is 26.8. The Balaban J connectivity index is 1.81. The average molecular weight is 469 g/mol. The average Bonchev–Trinajstić information content (AvgIpc) is 2.84. The quantitative estimate of drug-likeness (QED) is 0.539. The number of hydrogen-bond donors (Lipinski definition) is 1. The number of methoxy groups -OCH3 is 1. The van der Waals surface area contributed by atoms with Gasteiger partial charge in [-0.25, -0.2) is 9.59 Å². The highest BCUT2D eigenvalue weighted by Gasteiger charge is 2.35. The lowest BCUT2D eigenvalue weighted by Crippen LogP contribution is -2.29. The van der Waals surface area contributed by atoms with Crippen molar-refractivity contribution in [2.24, 2.45) is 0 Å². The maximum atomic E-state index is 12.7. The fourth-order valence-corrected chi connectivity index (χ4v) is 3.55. The number of pyridine rings is 1. The van der Waals surface area contributed by atoms with E-state index < -0.39 is 24.3 Å². The molecule has 9 nitrogen and oxygen atoms in total. The number of benzene rings is 1. The third-order valence-electron chi connectivity index (χ3n) is 5.11. The van der Waals surface area contributed by atoms with E-state index in [2.05, 4.69) is 10.3 Å². The van der Waals surface area contributed by atoms with Gasteiger partial charge in [0.15, 0.2) is 0 Å². The number of nitrogens with one attached hydrogen (secondary N) is 1. The number of dihydropyridines is 1. The van der Waals surface area contributed by atoms with E-state index in [4.69, 9.17) is 23.7 Å². The predicted molar refractivity (Wildman–Crippen MR) is 122 cm³/mol. The SMILES string of the molecule is CCOC(=O)OC1=C(C)NC(C)=C(OC(=O)OCC(OC)c2ccccc2)C1c1cccnc1. The molecule has 2 aromatic rings. The molecule has 0 saturated heterocycles. The minimum absolute atomic E-state index is 0.0439. The van der Waals surface area contributed by atoms with Crippen LogP contribution in [0.15, 0.2) is 77.8 Å². The smallest absolute Gasteiger partial charge is 0.434 e. The minimum Gasteiger partial charge on any atom is -0.434 e. The highest BCUT2D eigenvalue weighted by Crippen LogP contribution is 2.39. The number of ether oxygens (including phenoxy) is 5. The van der Waals surface area contributed by atoms with Crippen LogP contribution < -0.4 is 5.32 Å². The fraction of sp³-hybridized carbons (Fsp3) is 0.320. The van der Waals surface area contributed by atoms with Gasteiger partial charge < -0.3 is 29.0 Å². The Morgan fingerprint density at radius 3 is 2.18 bits per heavy atom. The van der Waals surface area contributed by atoms with E-state index in [1.54, 1.807) is 45.3 Å². The second-order valence-electron chi connectivity index (χ2n) is 7.41. The molecule has 0 saturated carbocycles. The summed E-state index contributed by atoms with van der Waals surface area (Å²) in [6.45, 7) is 5.29. The Morgan fingerprint density at radius 2 is 1.62 bits per heavy atom. The molecule has 1 aromatic heterocycles. The minimum atomic E-state index is -0.918. The largest absolute Gasteiger partial charge is 0.513 e. The Kier molecular flexibility index (Phi) is 8.64. The van der Waals surface area contributed by atoms with Crippen LogP contribution in [0.3, 0.4) is 0 Å². The summed E-state index contributed by atoms with van der Waals surface area (Å²) in [5.41, 5.74) is 2.66. The van der Waals surface area contributed by atoms with Gasteiger partial charge >= 0.3 is 12.3 Å². The van der Waals surface area contributed by atoms with Gasteiger partial charge in [-0.2, -0.15) is 0 Å². The van der Waals surface area contributed by atoms with Crippen LogP contribution in [0.5, 0.6) is 0 Å². The Hall–Kier alpha value is -3.85. The Bertz CT molecular complexity index is 1050. The fourth-order valence-electron chi connectivity index (χ4n) is 3.55. The normalized spacial score (nSPS) is 16.4. The Labute approximate surface area is 198 Å². The first kappa shape index (κ1) is 24.8. The molecule has 0 fully saturated rings. The van der Waals surface area contributed by atoms with Crippen LogP contribution in [-0.2, 0) is 23.7 Å². The summed E-state index contributed by atoms with van der Waals surface area (Å²) in [6.07, 6.45) is 0.994. The molecule has 2 heterocycles. The molecule has 3 rings (SSSR count). The first-order valence-corrected chi connectivity index (χ1v) is 10.8. The number of carbonyl (C=O) groups excluding carboxylic acids is 2. The van der Waals surface area contributed by atoms with Crippen LogP contribution >= 0.6 is 0 Å². The van der Waals surface area contributed by atoms with Crippen molar-refractivity contribution in [3.63, 3.8) is 0 Å².